The quantitative estimate of drug-likeness (QED) is 0.837. The first-order valence-electron chi connectivity index (χ1n) is 6.43. The van der Waals surface area contributed by atoms with Crippen molar-refractivity contribution in [3.05, 3.63) is 24.0 Å². The van der Waals surface area contributed by atoms with E-state index in [4.69, 9.17) is 5.73 Å². The minimum atomic E-state index is -1.26. The van der Waals surface area contributed by atoms with Gasteiger partial charge in [0.15, 0.2) is 0 Å². The number of halogens is 1. The van der Waals surface area contributed by atoms with Gasteiger partial charge in [-0.15, -0.1) is 0 Å². The van der Waals surface area contributed by atoms with Crippen molar-refractivity contribution in [1.82, 2.24) is 0 Å². The van der Waals surface area contributed by atoms with E-state index in [9.17, 15) is 8.60 Å². The molecule has 2 nitrogen and oxygen atoms in total. The molecule has 1 aromatic carbocycles. The van der Waals surface area contributed by atoms with Crippen LogP contribution in [0.3, 0.4) is 0 Å². The van der Waals surface area contributed by atoms with Crippen LogP contribution in [0.15, 0.2) is 23.1 Å². The van der Waals surface area contributed by atoms with Crippen LogP contribution >= 0.6 is 0 Å². The van der Waals surface area contributed by atoms with Crippen LogP contribution < -0.4 is 5.73 Å². The van der Waals surface area contributed by atoms with Crippen molar-refractivity contribution < 1.29 is 8.60 Å². The van der Waals surface area contributed by atoms with Gasteiger partial charge in [0.25, 0.3) is 0 Å². The largest absolute Gasteiger partial charge is 0.399 e. The van der Waals surface area contributed by atoms with Crippen LogP contribution in [0.1, 0.15) is 33.1 Å². The molecule has 0 heterocycles. The number of hydrogen-bond acceptors (Lipinski definition) is 2. The van der Waals surface area contributed by atoms with Gasteiger partial charge < -0.3 is 5.73 Å². The molecule has 0 aliphatic heterocycles. The number of rotatable bonds is 2. The van der Waals surface area contributed by atoms with E-state index < -0.39 is 16.6 Å². The van der Waals surface area contributed by atoms with E-state index in [2.05, 4.69) is 13.8 Å². The van der Waals surface area contributed by atoms with E-state index in [1.807, 2.05) is 0 Å². The van der Waals surface area contributed by atoms with E-state index in [0.29, 0.717) is 22.4 Å². The standard InChI is InChI=1S/C14H20FNOS/c1-9-5-10(2)7-12(6-9)18(17)14-4-3-11(16)8-13(14)15/h3-4,8-10,12H,5-7,16H2,1-2H3. The number of nitrogen functional groups attached to an aromatic ring is 1. The first-order valence-corrected chi connectivity index (χ1v) is 7.64. The van der Waals surface area contributed by atoms with Crippen LogP contribution in [0.25, 0.3) is 0 Å². The highest BCUT2D eigenvalue weighted by Gasteiger charge is 2.29. The van der Waals surface area contributed by atoms with Gasteiger partial charge in [0.1, 0.15) is 5.82 Å². The third kappa shape index (κ3) is 2.91. The summed E-state index contributed by atoms with van der Waals surface area (Å²) in [5.74, 6) is 0.693. The average molecular weight is 269 g/mol. The molecule has 100 valence electrons. The van der Waals surface area contributed by atoms with Gasteiger partial charge in [0.2, 0.25) is 0 Å². The van der Waals surface area contributed by atoms with Gasteiger partial charge in [-0.1, -0.05) is 13.8 Å². The fourth-order valence-electron chi connectivity index (χ4n) is 2.91. The highest BCUT2D eigenvalue weighted by molar-refractivity contribution is 7.85. The van der Waals surface area contributed by atoms with Gasteiger partial charge in [0, 0.05) is 10.9 Å². The Morgan fingerprint density at radius 2 is 1.83 bits per heavy atom. The number of benzene rings is 1. The molecule has 4 heteroatoms. The van der Waals surface area contributed by atoms with E-state index in [-0.39, 0.29) is 5.25 Å². The fourth-order valence-corrected chi connectivity index (χ4v) is 4.73. The van der Waals surface area contributed by atoms with Gasteiger partial charge in [0.05, 0.1) is 15.7 Å². The zero-order valence-corrected chi connectivity index (χ0v) is 11.7. The van der Waals surface area contributed by atoms with Crippen LogP contribution in [0.5, 0.6) is 0 Å². The predicted molar refractivity (Wildman–Crippen MR) is 73.2 cm³/mol. The van der Waals surface area contributed by atoms with E-state index in [0.717, 1.165) is 12.8 Å². The summed E-state index contributed by atoms with van der Waals surface area (Å²) in [6, 6.07) is 4.43. The smallest absolute Gasteiger partial charge is 0.141 e. The topological polar surface area (TPSA) is 43.1 Å². The molecule has 1 saturated carbocycles. The summed E-state index contributed by atoms with van der Waals surface area (Å²) in [5.41, 5.74) is 5.89. The molecule has 1 aromatic rings. The fraction of sp³-hybridized carbons (Fsp3) is 0.571. The normalized spacial score (nSPS) is 30.1. The molecule has 0 saturated heterocycles. The van der Waals surface area contributed by atoms with Crippen molar-refractivity contribution >= 4 is 16.5 Å². The third-order valence-corrected chi connectivity index (χ3v) is 5.37. The lowest BCUT2D eigenvalue weighted by molar-refractivity contribution is 0.305. The molecule has 2 rings (SSSR count). The Labute approximate surface area is 110 Å². The van der Waals surface area contributed by atoms with Crippen molar-refractivity contribution in [2.75, 3.05) is 5.73 Å². The molecular formula is C14H20FNOS. The van der Waals surface area contributed by atoms with Gasteiger partial charge in [-0.3, -0.25) is 4.21 Å². The highest BCUT2D eigenvalue weighted by atomic mass is 32.2. The average Bonchev–Trinajstić information content (AvgIpc) is 2.26. The molecule has 0 spiro atoms. The van der Waals surface area contributed by atoms with Crippen molar-refractivity contribution in [3.8, 4) is 0 Å². The SMILES string of the molecule is CC1CC(C)CC(S(=O)c2ccc(N)cc2F)C1. The first kappa shape index (κ1) is 13.5. The molecule has 0 aromatic heterocycles. The Kier molecular flexibility index (Phi) is 4.05. The molecule has 3 atom stereocenters. The Morgan fingerprint density at radius 3 is 2.39 bits per heavy atom. The number of hydrogen-bond donors (Lipinski definition) is 1. The van der Waals surface area contributed by atoms with Crippen molar-refractivity contribution in [2.24, 2.45) is 11.8 Å². The lowest BCUT2D eigenvalue weighted by Gasteiger charge is -2.30. The maximum Gasteiger partial charge on any atom is 0.141 e. The van der Waals surface area contributed by atoms with Crippen LogP contribution in [-0.2, 0) is 10.8 Å². The molecule has 3 unspecified atom stereocenters. The molecule has 0 radical (unpaired) electrons. The Bertz CT molecular complexity index is 453. The molecule has 1 aliphatic rings. The summed E-state index contributed by atoms with van der Waals surface area (Å²) >= 11 is 0. The summed E-state index contributed by atoms with van der Waals surface area (Å²) in [7, 11) is -1.26. The summed E-state index contributed by atoms with van der Waals surface area (Å²) in [4.78, 5) is 0.301. The summed E-state index contributed by atoms with van der Waals surface area (Å²) in [6.45, 7) is 4.36. The number of anilines is 1. The van der Waals surface area contributed by atoms with E-state index >= 15 is 0 Å². The zero-order valence-electron chi connectivity index (χ0n) is 10.9. The zero-order chi connectivity index (χ0) is 13.3. The summed E-state index contributed by atoms with van der Waals surface area (Å²) < 4.78 is 26.2. The molecule has 0 amide bonds. The minimum Gasteiger partial charge on any atom is -0.399 e. The van der Waals surface area contributed by atoms with Gasteiger partial charge in [-0.05, 0) is 49.3 Å². The molecular weight excluding hydrogens is 249 g/mol. The van der Waals surface area contributed by atoms with E-state index in [1.54, 1.807) is 12.1 Å². The van der Waals surface area contributed by atoms with Gasteiger partial charge in [-0.25, -0.2) is 4.39 Å². The van der Waals surface area contributed by atoms with Crippen LogP contribution in [0.2, 0.25) is 0 Å². The Hall–Kier alpha value is -0.900. The van der Waals surface area contributed by atoms with Crippen molar-refractivity contribution in [3.63, 3.8) is 0 Å². The molecule has 1 fully saturated rings. The monoisotopic (exact) mass is 269 g/mol. The minimum absolute atomic E-state index is 0.0712. The molecule has 2 N–H and O–H groups in total. The Balaban J connectivity index is 2.20. The second-order valence-corrected chi connectivity index (χ2v) is 7.23. The third-order valence-electron chi connectivity index (χ3n) is 3.61. The van der Waals surface area contributed by atoms with Crippen molar-refractivity contribution in [1.29, 1.82) is 0 Å². The maximum atomic E-state index is 13.8. The number of nitrogens with two attached hydrogens (primary N) is 1. The predicted octanol–water partition coefficient (Wildman–Crippen LogP) is 3.34. The lowest BCUT2D eigenvalue weighted by atomic mass is 9.83. The molecule has 1 aliphatic carbocycles. The van der Waals surface area contributed by atoms with Gasteiger partial charge in [-0.2, -0.15) is 0 Å². The lowest BCUT2D eigenvalue weighted by Crippen LogP contribution is -2.28. The van der Waals surface area contributed by atoms with Crippen LogP contribution in [0, 0.1) is 17.7 Å². The maximum absolute atomic E-state index is 13.8. The Morgan fingerprint density at radius 1 is 1.22 bits per heavy atom. The summed E-state index contributed by atoms with van der Waals surface area (Å²) in [6.07, 6.45) is 3.01. The van der Waals surface area contributed by atoms with Crippen molar-refractivity contribution in [2.45, 2.75) is 43.3 Å². The second-order valence-electron chi connectivity index (χ2n) is 5.53. The first-order chi connectivity index (χ1) is 8.47. The molecule has 0 bridgehead atoms. The van der Waals surface area contributed by atoms with Gasteiger partial charge >= 0.3 is 0 Å². The van der Waals surface area contributed by atoms with E-state index in [1.165, 1.54) is 12.5 Å². The second kappa shape index (κ2) is 5.39. The van der Waals surface area contributed by atoms with Crippen LogP contribution in [0.4, 0.5) is 10.1 Å². The summed E-state index contributed by atoms with van der Waals surface area (Å²) in [5, 5.41) is 0.0712. The van der Waals surface area contributed by atoms with Crippen LogP contribution in [-0.4, -0.2) is 9.46 Å². The molecule has 18 heavy (non-hydrogen) atoms. The highest BCUT2D eigenvalue weighted by Crippen LogP contribution is 2.34.